The number of rotatable bonds is 3. The zero-order valence-electron chi connectivity index (χ0n) is 8.42. The number of fused-ring (bicyclic) bond motifs is 1. The van der Waals surface area contributed by atoms with E-state index in [0.29, 0.717) is 0 Å². The van der Waals surface area contributed by atoms with Gasteiger partial charge in [-0.1, -0.05) is 12.1 Å². The van der Waals surface area contributed by atoms with Crippen molar-refractivity contribution in [2.24, 2.45) is 5.73 Å². The van der Waals surface area contributed by atoms with Gasteiger partial charge in [-0.3, -0.25) is 0 Å². The van der Waals surface area contributed by atoms with Crippen molar-refractivity contribution in [1.29, 1.82) is 0 Å². The van der Waals surface area contributed by atoms with Gasteiger partial charge in [0.05, 0.1) is 0 Å². The molecule has 1 aromatic heterocycles. The Labute approximate surface area is 83.7 Å². The molecule has 0 saturated heterocycles. The van der Waals surface area contributed by atoms with E-state index in [1.54, 1.807) is 0 Å². The predicted molar refractivity (Wildman–Crippen MR) is 58.3 cm³/mol. The molecule has 0 aliphatic carbocycles. The quantitative estimate of drug-likeness (QED) is 0.806. The topological polar surface area (TPSA) is 39.2 Å². The monoisotopic (exact) mass is 189 g/mol. The number of hydrogen-bond acceptors (Lipinski definition) is 2. The van der Waals surface area contributed by atoms with Gasteiger partial charge < -0.3 is 10.2 Å². The molecular weight excluding hydrogens is 174 g/mol. The number of nitrogens with two attached hydrogens (primary N) is 1. The molecule has 2 nitrogen and oxygen atoms in total. The van der Waals surface area contributed by atoms with Gasteiger partial charge >= 0.3 is 0 Å². The summed E-state index contributed by atoms with van der Waals surface area (Å²) in [6.07, 6.45) is 2.07. The lowest BCUT2D eigenvalue weighted by atomic mass is 10.1. The van der Waals surface area contributed by atoms with Crippen LogP contribution in [0, 0.1) is 6.92 Å². The molecule has 0 amide bonds. The maximum atomic E-state index is 5.56. The first-order chi connectivity index (χ1) is 6.79. The Hall–Kier alpha value is -1.28. The van der Waals surface area contributed by atoms with Crippen LogP contribution in [0.1, 0.15) is 17.7 Å². The van der Waals surface area contributed by atoms with Crippen LogP contribution in [0.15, 0.2) is 28.7 Å². The van der Waals surface area contributed by atoms with Crippen LogP contribution in [-0.2, 0) is 6.42 Å². The summed E-state index contributed by atoms with van der Waals surface area (Å²) in [6.45, 7) is 2.72. The van der Waals surface area contributed by atoms with Crippen molar-refractivity contribution in [3.05, 3.63) is 35.6 Å². The van der Waals surface area contributed by atoms with Gasteiger partial charge in [0.15, 0.2) is 0 Å². The Bertz CT molecular complexity index is 431. The lowest BCUT2D eigenvalue weighted by Gasteiger charge is -1.98. The highest BCUT2D eigenvalue weighted by Crippen LogP contribution is 2.20. The molecule has 74 valence electrons. The molecule has 0 aliphatic rings. The van der Waals surface area contributed by atoms with E-state index in [9.17, 15) is 0 Å². The van der Waals surface area contributed by atoms with Crippen molar-refractivity contribution in [2.45, 2.75) is 19.8 Å². The van der Waals surface area contributed by atoms with Crippen molar-refractivity contribution in [3.8, 4) is 0 Å². The van der Waals surface area contributed by atoms with E-state index in [1.807, 2.05) is 6.92 Å². The first-order valence-corrected chi connectivity index (χ1v) is 4.99. The molecule has 0 spiro atoms. The first-order valence-electron chi connectivity index (χ1n) is 4.99. The number of hydrogen-bond donors (Lipinski definition) is 1. The van der Waals surface area contributed by atoms with Crippen molar-refractivity contribution >= 4 is 11.0 Å². The minimum Gasteiger partial charge on any atom is -0.461 e. The highest BCUT2D eigenvalue weighted by atomic mass is 16.3. The average molecular weight is 189 g/mol. The molecule has 0 bridgehead atoms. The number of benzene rings is 1. The van der Waals surface area contributed by atoms with Gasteiger partial charge in [0.2, 0.25) is 0 Å². The van der Waals surface area contributed by atoms with Crippen LogP contribution in [0.3, 0.4) is 0 Å². The molecule has 2 heteroatoms. The van der Waals surface area contributed by atoms with E-state index in [-0.39, 0.29) is 0 Å². The maximum Gasteiger partial charge on any atom is 0.134 e. The van der Waals surface area contributed by atoms with Crippen molar-refractivity contribution in [1.82, 2.24) is 0 Å². The third-order valence-corrected chi connectivity index (χ3v) is 2.38. The first kappa shape index (κ1) is 9.28. The molecule has 0 radical (unpaired) electrons. The van der Waals surface area contributed by atoms with Gasteiger partial charge in [-0.2, -0.15) is 0 Å². The summed E-state index contributed by atoms with van der Waals surface area (Å²) in [6, 6.07) is 8.42. The molecular formula is C12H15NO. The van der Waals surface area contributed by atoms with Gasteiger partial charge in [0.1, 0.15) is 11.3 Å². The van der Waals surface area contributed by atoms with Gasteiger partial charge in [-0.15, -0.1) is 0 Å². The second kappa shape index (κ2) is 3.84. The van der Waals surface area contributed by atoms with Crippen LogP contribution < -0.4 is 5.73 Å². The van der Waals surface area contributed by atoms with Crippen LogP contribution in [-0.4, -0.2) is 6.54 Å². The molecule has 0 aliphatic heterocycles. The van der Waals surface area contributed by atoms with Crippen molar-refractivity contribution in [3.63, 3.8) is 0 Å². The summed E-state index contributed by atoms with van der Waals surface area (Å²) in [4.78, 5) is 0. The fraction of sp³-hybridized carbons (Fsp3) is 0.333. The Morgan fingerprint density at radius 2 is 2.14 bits per heavy atom. The molecule has 0 atom stereocenters. The lowest BCUT2D eigenvalue weighted by molar-refractivity contribution is 0.578. The SMILES string of the molecule is Cc1cc2ccc(CCCN)cc2o1. The lowest BCUT2D eigenvalue weighted by Crippen LogP contribution is -1.99. The molecule has 0 fully saturated rings. The van der Waals surface area contributed by atoms with Gasteiger partial charge in [0.25, 0.3) is 0 Å². The van der Waals surface area contributed by atoms with Crippen LogP contribution in [0.25, 0.3) is 11.0 Å². The Morgan fingerprint density at radius 1 is 1.29 bits per heavy atom. The van der Waals surface area contributed by atoms with Crippen molar-refractivity contribution in [2.75, 3.05) is 6.54 Å². The van der Waals surface area contributed by atoms with Crippen molar-refractivity contribution < 1.29 is 4.42 Å². The van der Waals surface area contributed by atoms with Gasteiger partial charge in [-0.05, 0) is 44.0 Å². The summed E-state index contributed by atoms with van der Waals surface area (Å²) in [7, 11) is 0. The number of furan rings is 1. The Balaban J connectivity index is 2.31. The molecule has 1 aromatic carbocycles. The van der Waals surface area contributed by atoms with E-state index < -0.39 is 0 Å². The van der Waals surface area contributed by atoms with E-state index in [0.717, 1.165) is 30.7 Å². The second-order valence-electron chi connectivity index (χ2n) is 3.62. The van der Waals surface area contributed by atoms with Gasteiger partial charge in [-0.25, -0.2) is 0 Å². The Kier molecular flexibility index (Phi) is 2.55. The zero-order chi connectivity index (χ0) is 9.97. The third kappa shape index (κ3) is 1.80. The fourth-order valence-electron chi connectivity index (χ4n) is 1.67. The average Bonchev–Trinajstić information content (AvgIpc) is 2.54. The molecule has 2 rings (SSSR count). The summed E-state index contributed by atoms with van der Waals surface area (Å²) >= 11 is 0. The molecule has 1 heterocycles. The maximum absolute atomic E-state index is 5.56. The smallest absolute Gasteiger partial charge is 0.134 e. The minimum atomic E-state index is 0.745. The molecule has 2 aromatic rings. The van der Waals surface area contributed by atoms with Gasteiger partial charge in [0, 0.05) is 5.39 Å². The predicted octanol–water partition coefficient (Wildman–Crippen LogP) is 2.63. The zero-order valence-corrected chi connectivity index (χ0v) is 8.42. The summed E-state index contributed by atoms with van der Waals surface area (Å²) in [5.41, 5.74) is 7.76. The van der Waals surface area contributed by atoms with E-state index in [4.69, 9.17) is 10.2 Å². The summed E-state index contributed by atoms with van der Waals surface area (Å²) in [5.74, 6) is 0.968. The third-order valence-electron chi connectivity index (χ3n) is 2.38. The molecule has 2 N–H and O–H groups in total. The van der Waals surface area contributed by atoms with Crippen LogP contribution in [0.2, 0.25) is 0 Å². The van der Waals surface area contributed by atoms with E-state index in [2.05, 4.69) is 24.3 Å². The van der Waals surface area contributed by atoms with E-state index in [1.165, 1.54) is 10.9 Å². The van der Waals surface area contributed by atoms with Crippen LogP contribution in [0.4, 0.5) is 0 Å². The van der Waals surface area contributed by atoms with Crippen LogP contribution in [0.5, 0.6) is 0 Å². The number of aryl methyl sites for hydroxylation is 2. The molecule has 14 heavy (non-hydrogen) atoms. The highest BCUT2D eigenvalue weighted by Gasteiger charge is 2.01. The molecule has 0 saturated carbocycles. The standard InChI is InChI=1S/C12H15NO/c1-9-7-11-5-4-10(3-2-6-13)8-12(11)14-9/h4-5,7-8H,2-3,6,13H2,1H3. The highest BCUT2D eigenvalue weighted by molar-refractivity contribution is 5.78. The largest absolute Gasteiger partial charge is 0.461 e. The summed E-state index contributed by atoms with van der Waals surface area (Å²) in [5, 5.41) is 1.18. The summed E-state index contributed by atoms with van der Waals surface area (Å²) < 4.78 is 5.56. The minimum absolute atomic E-state index is 0.745. The Morgan fingerprint density at radius 3 is 2.93 bits per heavy atom. The van der Waals surface area contributed by atoms with Crippen LogP contribution >= 0.6 is 0 Å². The van der Waals surface area contributed by atoms with E-state index >= 15 is 0 Å². The molecule has 0 unspecified atom stereocenters. The fourth-order valence-corrected chi connectivity index (χ4v) is 1.67. The normalized spacial score (nSPS) is 11.0. The second-order valence-corrected chi connectivity index (χ2v) is 3.62.